The standard InChI is InChI=1S/C17H18N6O8S/c18-14-11-15(20-6-19-14)23(7-21-11)17-13(26)12(25)10(31-17)5-30-32(28,29)22-16(27)8-3-1-2-4-9(8)24/h1-4,6-7,10,12-13,17,24-26H,5H2,(H,22,27)(H2,18,19,20)/t10?,12-,13-,17-/m1/s1/i5+1,10+1,12+1,13+1,17+1. The zero-order valence-corrected chi connectivity index (χ0v) is 17.0. The number of aromatic hydroxyl groups is 1. The van der Waals surface area contributed by atoms with E-state index in [1.807, 2.05) is 0 Å². The van der Waals surface area contributed by atoms with Crippen LogP contribution in [-0.4, -0.2) is 74.1 Å². The molecule has 4 rings (SSSR count). The van der Waals surface area contributed by atoms with Gasteiger partial charge in [-0.15, -0.1) is 0 Å². The molecule has 1 aromatic carbocycles. The quantitative estimate of drug-likeness (QED) is 0.258. The van der Waals surface area contributed by atoms with E-state index in [1.54, 1.807) is 4.72 Å². The Morgan fingerprint density at radius 2 is 1.97 bits per heavy atom. The van der Waals surface area contributed by atoms with Gasteiger partial charge < -0.3 is 25.8 Å². The summed E-state index contributed by atoms with van der Waals surface area (Å²) in [5, 5.41) is 30.3. The maximum Gasteiger partial charge on any atom is 0.362 e. The average molecular weight is 471 g/mol. The van der Waals surface area contributed by atoms with Crippen molar-refractivity contribution in [2.24, 2.45) is 0 Å². The van der Waals surface area contributed by atoms with Gasteiger partial charge in [0, 0.05) is 0 Å². The number of ether oxygens (including phenoxy) is 1. The minimum absolute atomic E-state index is 0.105. The molecule has 1 unspecified atom stereocenters. The number of carbonyl (C=O) groups is 1. The lowest BCUT2D eigenvalue weighted by Crippen LogP contribution is -2.37. The van der Waals surface area contributed by atoms with Gasteiger partial charge in [0.1, 0.15) is 35.9 Å². The van der Waals surface area contributed by atoms with E-state index in [-0.39, 0.29) is 22.5 Å². The third kappa shape index (κ3) is 4.06. The number of nitrogens with one attached hydrogen (secondary N) is 1. The first-order valence-electron chi connectivity index (χ1n) is 9.12. The minimum atomic E-state index is -4.63. The first-order valence-corrected chi connectivity index (χ1v) is 10.5. The van der Waals surface area contributed by atoms with E-state index < -0.39 is 53.1 Å². The number of benzene rings is 1. The Bertz CT molecular complexity index is 1260. The molecule has 1 saturated heterocycles. The Kier molecular flexibility index (Phi) is 5.66. The van der Waals surface area contributed by atoms with Crippen molar-refractivity contribution in [3.8, 4) is 5.75 Å². The average Bonchev–Trinajstić information content (AvgIpc) is 3.29. The van der Waals surface area contributed by atoms with Crippen LogP contribution in [-0.2, 0) is 19.2 Å². The van der Waals surface area contributed by atoms with Gasteiger partial charge in [0.25, 0.3) is 5.91 Å². The Morgan fingerprint density at radius 3 is 2.72 bits per heavy atom. The highest BCUT2D eigenvalue weighted by Crippen LogP contribution is 2.32. The lowest BCUT2D eigenvalue weighted by molar-refractivity contribution is -0.0468. The smallest absolute Gasteiger partial charge is 0.362 e. The van der Waals surface area contributed by atoms with Gasteiger partial charge >= 0.3 is 10.3 Å². The number of hydrogen-bond acceptors (Lipinski definition) is 12. The lowest BCUT2D eigenvalue weighted by Gasteiger charge is -2.16. The van der Waals surface area contributed by atoms with Crippen LogP contribution in [0.5, 0.6) is 5.75 Å². The second-order valence-electron chi connectivity index (χ2n) is 6.82. The summed E-state index contributed by atoms with van der Waals surface area (Å²) in [5.41, 5.74) is 5.94. The second kappa shape index (κ2) is 8.29. The molecule has 1 fully saturated rings. The van der Waals surface area contributed by atoms with Gasteiger partial charge in [0.15, 0.2) is 17.7 Å². The number of aromatic nitrogens is 4. The Labute approximate surface area is 180 Å². The van der Waals surface area contributed by atoms with Crippen LogP contribution in [0.25, 0.3) is 11.2 Å². The van der Waals surface area contributed by atoms with Crippen molar-refractivity contribution in [2.75, 3.05) is 12.3 Å². The number of rotatable bonds is 6. The molecule has 15 heteroatoms. The zero-order valence-electron chi connectivity index (χ0n) is 16.1. The molecule has 4 atom stereocenters. The molecule has 170 valence electrons. The van der Waals surface area contributed by atoms with E-state index >= 15 is 0 Å². The van der Waals surface area contributed by atoms with Crippen molar-refractivity contribution in [3.05, 3.63) is 42.5 Å². The molecule has 0 bridgehead atoms. The number of fused-ring (bicyclic) bond motifs is 1. The van der Waals surface area contributed by atoms with Crippen molar-refractivity contribution in [3.63, 3.8) is 0 Å². The van der Waals surface area contributed by atoms with E-state index in [2.05, 4.69) is 15.0 Å². The van der Waals surface area contributed by atoms with Crippen molar-refractivity contribution >= 4 is 33.2 Å². The highest BCUT2D eigenvalue weighted by Gasteiger charge is 2.45. The Hall–Kier alpha value is -3.37. The maximum absolute atomic E-state index is 12.1. The van der Waals surface area contributed by atoms with Crippen LogP contribution in [0.4, 0.5) is 5.82 Å². The van der Waals surface area contributed by atoms with Crippen LogP contribution in [0, 0.1) is 0 Å². The van der Waals surface area contributed by atoms with Crippen LogP contribution in [0.2, 0.25) is 0 Å². The van der Waals surface area contributed by atoms with E-state index in [0.29, 0.717) is 0 Å². The summed E-state index contributed by atoms with van der Waals surface area (Å²) in [7, 11) is -4.63. The monoisotopic (exact) mass is 471 g/mol. The fourth-order valence-electron chi connectivity index (χ4n) is 3.17. The molecule has 0 spiro atoms. The Balaban J connectivity index is 1.44. The largest absolute Gasteiger partial charge is 0.507 e. The van der Waals surface area contributed by atoms with Gasteiger partial charge in [-0.25, -0.2) is 19.7 Å². The summed E-state index contributed by atoms with van der Waals surface area (Å²) in [6, 6.07) is 5.33. The van der Waals surface area contributed by atoms with E-state index in [0.717, 1.165) is 0 Å². The number of imidazole rings is 1. The number of para-hydroxylation sites is 1. The Morgan fingerprint density at radius 1 is 1.22 bits per heavy atom. The fraction of sp³-hybridized carbons (Fsp3) is 0.294. The first-order chi connectivity index (χ1) is 15.2. The molecule has 32 heavy (non-hydrogen) atoms. The van der Waals surface area contributed by atoms with Crippen molar-refractivity contribution < 1.29 is 37.5 Å². The number of anilines is 1. The normalized spacial score (nSPS) is 23.4. The van der Waals surface area contributed by atoms with Crippen LogP contribution in [0.3, 0.4) is 0 Å². The van der Waals surface area contributed by atoms with Crippen molar-refractivity contribution in [1.29, 1.82) is 0 Å². The molecule has 0 aliphatic carbocycles. The van der Waals surface area contributed by atoms with Gasteiger partial charge in [-0.3, -0.25) is 13.5 Å². The number of aliphatic hydroxyl groups excluding tert-OH is 2. The molecule has 6 N–H and O–H groups in total. The number of carbonyl (C=O) groups excluding carboxylic acids is 1. The molecule has 1 amide bonds. The van der Waals surface area contributed by atoms with Crippen LogP contribution in [0.1, 0.15) is 16.6 Å². The van der Waals surface area contributed by atoms with Gasteiger partial charge in [0.2, 0.25) is 0 Å². The lowest BCUT2D eigenvalue weighted by atomic mass is 10.2. The predicted octanol–water partition coefficient (Wildman–Crippen LogP) is -1.58. The molecule has 0 radical (unpaired) electrons. The second-order valence-corrected chi connectivity index (χ2v) is 8.16. The summed E-state index contributed by atoms with van der Waals surface area (Å²) in [4.78, 5) is 23.9. The number of phenolic OH excluding ortho intramolecular Hbond substituents is 1. The van der Waals surface area contributed by atoms with E-state index in [4.69, 9.17) is 14.7 Å². The van der Waals surface area contributed by atoms with Crippen molar-refractivity contribution in [1.82, 2.24) is 24.2 Å². The van der Waals surface area contributed by atoms with Crippen LogP contribution >= 0.6 is 0 Å². The molecular formula is C17H18N6O8S. The molecule has 3 heterocycles. The summed E-state index contributed by atoms with van der Waals surface area (Å²) in [6.45, 7) is -0.720. The third-order valence-corrected chi connectivity index (χ3v) is 5.63. The highest BCUT2D eigenvalue weighted by molar-refractivity contribution is 7.85. The molecule has 1 aliphatic heterocycles. The number of amides is 1. The number of nitrogens with zero attached hydrogens (tertiary/aromatic N) is 4. The third-order valence-electron chi connectivity index (χ3n) is 4.75. The number of phenols is 1. The number of aliphatic hydroxyl groups is 2. The maximum atomic E-state index is 12.1. The molecule has 1 aliphatic rings. The highest BCUT2D eigenvalue weighted by atomic mass is 32.2. The van der Waals surface area contributed by atoms with Crippen LogP contribution in [0.15, 0.2) is 36.9 Å². The fourth-order valence-corrected chi connectivity index (χ4v) is 3.88. The van der Waals surface area contributed by atoms with Gasteiger partial charge in [-0.1, -0.05) is 12.1 Å². The number of hydrogen-bond donors (Lipinski definition) is 5. The topological polar surface area (TPSA) is 212 Å². The van der Waals surface area contributed by atoms with Gasteiger partial charge in [-0.2, -0.15) is 8.42 Å². The number of nitrogen functional groups attached to an aromatic ring is 1. The first kappa shape index (κ1) is 21.8. The predicted molar refractivity (Wildman–Crippen MR) is 106 cm³/mol. The van der Waals surface area contributed by atoms with Gasteiger partial charge in [-0.05, 0) is 12.1 Å². The molecule has 14 nitrogen and oxygen atoms in total. The molecule has 2 aromatic heterocycles. The van der Waals surface area contributed by atoms with Gasteiger partial charge in [0.05, 0.1) is 18.5 Å². The van der Waals surface area contributed by atoms with Crippen LogP contribution < -0.4 is 10.5 Å². The summed E-state index contributed by atoms with van der Waals surface area (Å²) in [5.74, 6) is -1.43. The summed E-state index contributed by atoms with van der Waals surface area (Å²) >= 11 is 0. The summed E-state index contributed by atoms with van der Waals surface area (Å²) < 4.78 is 37.5. The molecular weight excluding hydrogens is 453 g/mol. The molecule has 0 saturated carbocycles. The van der Waals surface area contributed by atoms with E-state index in [1.165, 1.54) is 41.5 Å². The minimum Gasteiger partial charge on any atom is -0.507 e. The number of nitrogens with two attached hydrogens (primary N) is 1. The van der Waals surface area contributed by atoms with Crippen molar-refractivity contribution in [2.45, 2.75) is 24.5 Å². The summed E-state index contributed by atoms with van der Waals surface area (Å²) in [6.07, 6.45) is -2.98. The van der Waals surface area contributed by atoms with E-state index in [9.17, 15) is 28.5 Å². The molecule has 3 aromatic rings. The SMILES string of the molecule is Nc1ncnc2c1ncn2[13C@@H]1O[13CH]([13CH2]OS(=O)(=O)NC(=O)c2ccccc2O)[13C@@H](O)[13C@H]1O. The zero-order chi connectivity index (χ0) is 23.0.